The van der Waals surface area contributed by atoms with Crippen LogP contribution in [0.15, 0.2) is 46.9 Å². The minimum absolute atomic E-state index is 0.286. The number of benzene rings is 1. The molecule has 31 heavy (non-hydrogen) atoms. The minimum atomic E-state index is -4.82. The molecule has 12 heteroatoms. The Bertz CT molecular complexity index is 1190. The molecule has 3 heterocycles. The number of urea groups is 1. The topological polar surface area (TPSA) is 56.1 Å². The van der Waals surface area contributed by atoms with Crippen molar-refractivity contribution >= 4 is 28.7 Å². The molecule has 0 fully saturated rings. The Hall–Kier alpha value is -2.86. The molecule has 0 spiro atoms. The molecule has 0 unspecified atom stereocenters. The van der Waals surface area contributed by atoms with Gasteiger partial charge in [-0.25, -0.2) is 4.79 Å². The normalized spacial score (nSPS) is 16.9. The predicted octanol–water partition coefficient (Wildman–Crippen LogP) is 5.02. The van der Waals surface area contributed by atoms with Gasteiger partial charge in [-0.1, -0.05) is 6.07 Å². The van der Waals surface area contributed by atoms with Crippen LogP contribution in [0.2, 0.25) is 0 Å². The van der Waals surface area contributed by atoms with Crippen LogP contribution >= 0.6 is 22.7 Å². The number of halogens is 4. The van der Waals surface area contributed by atoms with Crippen LogP contribution in [0.1, 0.15) is 9.75 Å². The van der Waals surface area contributed by atoms with Crippen LogP contribution in [0.5, 0.6) is 11.5 Å². The highest BCUT2D eigenvalue weighted by molar-refractivity contribution is 7.10. The first-order valence-corrected chi connectivity index (χ1v) is 10.5. The number of ether oxygens (including phenoxy) is 2. The van der Waals surface area contributed by atoms with Crippen LogP contribution in [0, 0.1) is 6.92 Å². The molecule has 6 nitrogen and oxygen atoms in total. The van der Waals surface area contributed by atoms with Gasteiger partial charge in [-0.3, -0.25) is 4.57 Å². The fourth-order valence-electron chi connectivity index (χ4n) is 2.80. The molecule has 4 rings (SSSR count). The van der Waals surface area contributed by atoms with Gasteiger partial charge >= 0.3 is 18.2 Å². The van der Waals surface area contributed by atoms with Gasteiger partial charge in [-0.15, -0.1) is 22.7 Å². The number of thiophene rings is 1. The third-order valence-corrected chi connectivity index (χ3v) is 6.04. The second-order valence-corrected chi connectivity index (χ2v) is 8.94. The molecule has 0 atom stereocenters. The zero-order valence-electron chi connectivity index (χ0n) is 16.1. The quantitative estimate of drug-likeness (QED) is 0.502. The second-order valence-electron chi connectivity index (χ2n) is 6.69. The van der Waals surface area contributed by atoms with Crippen molar-refractivity contribution in [1.29, 1.82) is 0 Å². The largest absolute Gasteiger partial charge is 0.507 e. The number of nitrogens with zero attached hydrogens (tertiary/aromatic N) is 3. The zero-order valence-corrected chi connectivity index (χ0v) is 17.8. The second kappa shape index (κ2) is 7.68. The van der Waals surface area contributed by atoms with Crippen molar-refractivity contribution in [2.75, 3.05) is 7.05 Å². The fourth-order valence-corrected chi connectivity index (χ4v) is 4.38. The molecule has 2 aromatic heterocycles. The number of aryl methyl sites for hydroxylation is 1. The number of aromatic nitrogens is 1. The van der Waals surface area contributed by atoms with Gasteiger partial charge in [0.1, 0.15) is 0 Å². The number of hydrogen-bond acceptors (Lipinski definition) is 5. The van der Waals surface area contributed by atoms with Gasteiger partial charge in [0.25, 0.3) is 0 Å². The van der Waals surface area contributed by atoms with Gasteiger partial charge in [0.05, 0.1) is 12.2 Å². The summed E-state index contributed by atoms with van der Waals surface area (Å²) in [7, 11) is 1.61. The zero-order chi connectivity index (χ0) is 22.4. The van der Waals surface area contributed by atoms with Crippen molar-refractivity contribution < 1.29 is 31.8 Å². The Balaban J connectivity index is 1.66. The lowest BCUT2D eigenvalue weighted by atomic mass is 10.2. The van der Waals surface area contributed by atoms with Crippen molar-refractivity contribution in [2.24, 2.45) is 4.99 Å². The van der Waals surface area contributed by atoms with Gasteiger partial charge < -0.3 is 14.4 Å². The van der Waals surface area contributed by atoms with E-state index in [4.69, 9.17) is 0 Å². The van der Waals surface area contributed by atoms with Crippen LogP contribution in [0.4, 0.5) is 22.4 Å². The maximum absolute atomic E-state index is 13.5. The minimum Gasteiger partial charge on any atom is -0.421 e. The van der Waals surface area contributed by atoms with Gasteiger partial charge in [0.15, 0.2) is 16.3 Å². The summed E-state index contributed by atoms with van der Waals surface area (Å²) in [6, 6.07) is 6.90. The van der Waals surface area contributed by atoms with E-state index < -0.39 is 29.7 Å². The van der Waals surface area contributed by atoms with Crippen molar-refractivity contribution in [3.8, 4) is 17.2 Å². The van der Waals surface area contributed by atoms with E-state index in [1.54, 1.807) is 20.2 Å². The number of hydrogen-bond donors (Lipinski definition) is 0. The Morgan fingerprint density at radius 1 is 1.16 bits per heavy atom. The third kappa shape index (κ3) is 4.17. The molecular weight excluding hydrogens is 458 g/mol. The molecule has 0 saturated carbocycles. The molecule has 164 valence electrons. The number of rotatable bonds is 3. The van der Waals surface area contributed by atoms with E-state index in [2.05, 4.69) is 14.5 Å². The molecule has 0 bridgehead atoms. The molecule has 0 N–H and O–H groups in total. The molecule has 0 aliphatic carbocycles. The lowest BCUT2D eigenvalue weighted by molar-refractivity contribution is -0.391. The van der Waals surface area contributed by atoms with E-state index in [1.807, 2.05) is 17.5 Å². The highest BCUT2D eigenvalue weighted by Crippen LogP contribution is 2.47. The SMILES string of the molecule is Cc1cn(-c2ccc3c(c2)OC(F)(F)C(F)(F)O3)/c(=N/C(=O)N(C)Cc2cccs2)s1. The van der Waals surface area contributed by atoms with Crippen molar-refractivity contribution in [3.05, 3.63) is 56.5 Å². The number of amides is 2. The van der Waals surface area contributed by atoms with Crippen LogP contribution in [-0.4, -0.2) is 34.8 Å². The molecule has 3 aromatic rings. The van der Waals surface area contributed by atoms with Gasteiger partial charge in [-0.05, 0) is 30.5 Å². The molecule has 1 aliphatic rings. The number of fused-ring (bicyclic) bond motifs is 1. The van der Waals surface area contributed by atoms with Crippen molar-refractivity contribution in [3.63, 3.8) is 0 Å². The Morgan fingerprint density at radius 2 is 1.87 bits per heavy atom. The number of carbonyl (C=O) groups is 1. The van der Waals surface area contributed by atoms with E-state index in [0.717, 1.165) is 21.9 Å². The van der Waals surface area contributed by atoms with Crippen LogP contribution in [0.25, 0.3) is 5.69 Å². The van der Waals surface area contributed by atoms with Crippen LogP contribution < -0.4 is 14.3 Å². The first-order valence-electron chi connectivity index (χ1n) is 8.85. The number of carbonyl (C=O) groups excluding carboxylic acids is 1. The summed E-state index contributed by atoms with van der Waals surface area (Å²) < 4.78 is 63.5. The maximum atomic E-state index is 13.5. The van der Waals surface area contributed by atoms with Crippen LogP contribution in [0.3, 0.4) is 0 Å². The lowest BCUT2D eigenvalue weighted by Crippen LogP contribution is -2.52. The summed E-state index contributed by atoms with van der Waals surface area (Å²) in [6.07, 6.45) is -7.95. The lowest BCUT2D eigenvalue weighted by Gasteiger charge is -2.31. The van der Waals surface area contributed by atoms with Crippen molar-refractivity contribution in [1.82, 2.24) is 9.47 Å². The fraction of sp³-hybridized carbons (Fsp3) is 0.263. The smallest absolute Gasteiger partial charge is 0.421 e. The summed E-state index contributed by atoms with van der Waals surface area (Å²) in [5, 5.41) is 1.91. The predicted molar refractivity (Wildman–Crippen MR) is 106 cm³/mol. The molecular formula is C19H15F4N3O3S2. The average Bonchev–Trinajstić information content (AvgIpc) is 3.31. The van der Waals surface area contributed by atoms with Crippen molar-refractivity contribution in [2.45, 2.75) is 25.7 Å². The first-order chi connectivity index (χ1) is 14.6. The molecule has 0 saturated heterocycles. The van der Waals surface area contributed by atoms with Gasteiger partial charge in [-0.2, -0.15) is 22.6 Å². The highest BCUT2D eigenvalue weighted by atomic mass is 32.1. The molecule has 2 amide bonds. The number of thiazole rings is 1. The Morgan fingerprint density at radius 3 is 2.55 bits per heavy atom. The standard InChI is InChI=1S/C19H15F4N3O3S2/c1-11-9-26(17(31-11)24-16(27)25(2)10-13-4-3-7-30-13)12-5-6-14-15(8-12)29-19(22,23)18(20,21)28-14/h3-9H,10H2,1-2H3/b24-17-. The van der Waals surface area contributed by atoms with Gasteiger partial charge in [0.2, 0.25) is 0 Å². The summed E-state index contributed by atoms with van der Waals surface area (Å²) in [5.41, 5.74) is 0.292. The van der Waals surface area contributed by atoms with E-state index in [0.29, 0.717) is 12.2 Å². The Kier molecular flexibility index (Phi) is 5.30. The Labute approximate surface area is 181 Å². The van der Waals surface area contributed by atoms with Crippen LogP contribution in [-0.2, 0) is 6.54 Å². The third-order valence-electron chi connectivity index (χ3n) is 4.28. The summed E-state index contributed by atoms with van der Waals surface area (Å²) in [6.45, 7) is 2.17. The van der Waals surface area contributed by atoms with E-state index in [-0.39, 0.29) is 4.80 Å². The maximum Gasteiger partial charge on any atom is 0.507 e. The molecule has 1 aromatic carbocycles. The first kappa shape index (κ1) is 21.4. The molecule has 0 radical (unpaired) electrons. The summed E-state index contributed by atoms with van der Waals surface area (Å²) in [4.78, 5) is 20.2. The summed E-state index contributed by atoms with van der Waals surface area (Å²) in [5.74, 6) is -1.06. The van der Waals surface area contributed by atoms with E-state index in [9.17, 15) is 22.4 Å². The van der Waals surface area contributed by atoms with Gasteiger partial charge in [0, 0.05) is 29.1 Å². The number of alkyl halides is 4. The monoisotopic (exact) mass is 473 g/mol. The van der Waals surface area contributed by atoms with E-state index >= 15 is 0 Å². The van der Waals surface area contributed by atoms with E-state index in [1.165, 1.54) is 38.2 Å². The average molecular weight is 473 g/mol. The highest BCUT2D eigenvalue weighted by Gasteiger charge is 2.65. The summed E-state index contributed by atoms with van der Waals surface area (Å²) >= 11 is 2.72. The molecule has 1 aliphatic heterocycles.